The second-order valence-electron chi connectivity index (χ2n) is 4.86. The van der Waals surface area contributed by atoms with Crippen LogP contribution in [0.25, 0.3) is 0 Å². The van der Waals surface area contributed by atoms with Gasteiger partial charge >= 0.3 is 0 Å². The fourth-order valence-corrected chi connectivity index (χ4v) is 2.26. The highest BCUT2D eigenvalue weighted by Gasteiger charge is 2.03. The minimum Gasteiger partial charge on any atom is -0.496 e. The average Bonchev–Trinajstić information content (AvgIpc) is 2.46. The van der Waals surface area contributed by atoms with Gasteiger partial charge in [0.2, 0.25) is 0 Å². The molecule has 0 atom stereocenters. The lowest BCUT2D eigenvalue weighted by Crippen LogP contribution is -1.96. The van der Waals surface area contributed by atoms with Crippen molar-refractivity contribution in [2.24, 2.45) is 0 Å². The Labute approximate surface area is 118 Å². The van der Waals surface area contributed by atoms with Crippen molar-refractivity contribution in [3.05, 3.63) is 29.3 Å². The fourth-order valence-electron chi connectivity index (χ4n) is 2.26. The van der Waals surface area contributed by atoms with Crippen molar-refractivity contribution in [1.82, 2.24) is 0 Å². The maximum atomic E-state index is 5.43. The number of rotatable bonds is 10. The van der Waals surface area contributed by atoms with Gasteiger partial charge in [0.25, 0.3) is 0 Å². The molecule has 0 aliphatic rings. The van der Waals surface area contributed by atoms with Crippen molar-refractivity contribution in [1.29, 1.82) is 0 Å². The summed E-state index contributed by atoms with van der Waals surface area (Å²) in [6.07, 6.45) is 7.15. The monoisotopic (exact) mass is 264 g/mol. The molecule has 2 nitrogen and oxygen atoms in total. The van der Waals surface area contributed by atoms with E-state index in [1.807, 2.05) is 6.92 Å². The standard InChI is InChI=1S/C17H28O2/c1-4-15-11-12-17(18-3)16(14-15)10-8-6-7-9-13-19-5-2/h11-12,14H,4-10,13H2,1-3H3. The van der Waals surface area contributed by atoms with Crippen molar-refractivity contribution in [2.45, 2.75) is 52.4 Å². The van der Waals surface area contributed by atoms with E-state index in [-0.39, 0.29) is 0 Å². The number of ether oxygens (including phenoxy) is 2. The SMILES string of the molecule is CCOCCCCCCc1cc(CC)ccc1OC. The van der Waals surface area contributed by atoms with Crippen LogP contribution in [0.3, 0.4) is 0 Å². The summed E-state index contributed by atoms with van der Waals surface area (Å²) in [5.74, 6) is 1.03. The zero-order valence-corrected chi connectivity index (χ0v) is 12.7. The van der Waals surface area contributed by atoms with Crippen LogP contribution in [0.2, 0.25) is 0 Å². The van der Waals surface area contributed by atoms with Gasteiger partial charge < -0.3 is 9.47 Å². The lowest BCUT2D eigenvalue weighted by Gasteiger charge is -2.10. The van der Waals surface area contributed by atoms with Crippen LogP contribution in [0.5, 0.6) is 5.75 Å². The third-order valence-electron chi connectivity index (χ3n) is 3.44. The highest BCUT2D eigenvalue weighted by molar-refractivity contribution is 5.37. The van der Waals surface area contributed by atoms with Crippen molar-refractivity contribution >= 4 is 0 Å². The number of hydrogen-bond acceptors (Lipinski definition) is 2. The molecule has 0 spiro atoms. The number of benzene rings is 1. The largest absolute Gasteiger partial charge is 0.496 e. The van der Waals surface area contributed by atoms with E-state index in [2.05, 4.69) is 25.1 Å². The summed E-state index contributed by atoms with van der Waals surface area (Å²) in [7, 11) is 1.76. The van der Waals surface area contributed by atoms with Gasteiger partial charge in [-0.3, -0.25) is 0 Å². The molecule has 2 heteroatoms. The van der Waals surface area contributed by atoms with Gasteiger partial charge in [0, 0.05) is 13.2 Å². The highest BCUT2D eigenvalue weighted by atomic mass is 16.5. The molecule has 0 aliphatic heterocycles. The molecule has 108 valence electrons. The van der Waals surface area contributed by atoms with E-state index in [1.54, 1.807) is 7.11 Å². The van der Waals surface area contributed by atoms with E-state index in [4.69, 9.17) is 9.47 Å². The van der Waals surface area contributed by atoms with E-state index in [0.717, 1.165) is 31.8 Å². The van der Waals surface area contributed by atoms with Crippen molar-refractivity contribution in [3.63, 3.8) is 0 Å². The van der Waals surface area contributed by atoms with Crippen LogP contribution < -0.4 is 4.74 Å². The summed E-state index contributed by atoms with van der Waals surface area (Å²) in [6, 6.07) is 6.55. The average molecular weight is 264 g/mol. The quantitative estimate of drug-likeness (QED) is 0.583. The van der Waals surface area contributed by atoms with Gasteiger partial charge in [0.1, 0.15) is 5.75 Å². The Morgan fingerprint density at radius 3 is 2.47 bits per heavy atom. The maximum Gasteiger partial charge on any atom is 0.122 e. The number of unbranched alkanes of at least 4 members (excludes halogenated alkanes) is 3. The highest BCUT2D eigenvalue weighted by Crippen LogP contribution is 2.22. The molecule has 0 bridgehead atoms. The number of methoxy groups -OCH3 is 1. The van der Waals surface area contributed by atoms with Crippen LogP contribution in [0.15, 0.2) is 18.2 Å². The second kappa shape index (κ2) is 9.85. The Morgan fingerprint density at radius 2 is 1.79 bits per heavy atom. The molecule has 0 aliphatic carbocycles. The van der Waals surface area contributed by atoms with Crippen LogP contribution in [0.4, 0.5) is 0 Å². The smallest absolute Gasteiger partial charge is 0.122 e. The van der Waals surface area contributed by atoms with Crippen LogP contribution in [-0.4, -0.2) is 20.3 Å². The lowest BCUT2D eigenvalue weighted by molar-refractivity contribution is 0.143. The minimum absolute atomic E-state index is 0.834. The molecule has 0 radical (unpaired) electrons. The molecule has 0 heterocycles. The maximum absolute atomic E-state index is 5.43. The summed E-state index contributed by atoms with van der Waals surface area (Å²) in [5, 5.41) is 0. The van der Waals surface area contributed by atoms with Crippen LogP contribution in [0, 0.1) is 0 Å². The predicted molar refractivity (Wildman–Crippen MR) is 81.0 cm³/mol. The van der Waals surface area contributed by atoms with Gasteiger partial charge in [-0.25, -0.2) is 0 Å². The first-order chi connectivity index (χ1) is 9.31. The van der Waals surface area contributed by atoms with E-state index in [0.29, 0.717) is 0 Å². The molecule has 0 unspecified atom stereocenters. The van der Waals surface area contributed by atoms with Gasteiger partial charge in [-0.1, -0.05) is 31.9 Å². The summed E-state index contributed by atoms with van der Waals surface area (Å²) in [4.78, 5) is 0. The topological polar surface area (TPSA) is 18.5 Å². The zero-order valence-electron chi connectivity index (χ0n) is 12.7. The Kier molecular flexibility index (Phi) is 8.31. The van der Waals surface area contributed by atoms with E-state index < -0.39 is 0 Å². The molecule has 0 saturated heterocycles. The van der Waals surface area contributed by atoms with Crippen molar-refractivity contribution in [2.75, 3.05) is 20.3 Å². The first-order valence-electron chi connectivity index (χ1n) is 7.55. The molecular weight excluding hydrogens is 236 g/mol. The molecule has 0 saturated carbocycles. The van der Waals surface area contributed by atoms with Crippen LogP contribution in [-0.2, 0) is 17.6 Å². The zero-order chi connectivity index (χ0) is 13.9. The Morgan fingerprint density at radius 1 is 1.00 bits per heavy atom. The van der Waals surface area contributed by atoms with Gasteiger partial charge in [-0.2, -0.15) is 0 Å². The Balaban J connectivity index is 2.31. The van der Waals surface area contributed by atoms with E-state index in [1.165, 1.54) is 36.8 Å². The second-order valence-corrected chi connectivity index (χ2v) is 4.86. The Bertz CT molecular complexity index is 347. The summed E-state index contributed by atoms with van der Waals surface area (Å²) in [6.45, 7) is 5.98. The van der Waals surface area contributed by atoms with Gasteiger partial charge in [0.05, 0.1) is 7.11 Å². The number of hydrogen-bond donors (Lipinski definition) is 0. The molecule has 19 heavy (non-hydrogen) atoms. The molecule has 0 amide bonds. The molecular formula is C17H28O2. The lowest BCUT2D eigenvalue weighted by atomic mass is 10.0. The molecule has 0 fully saturated rings. The van der Waals surface area contributed by atoms with Crippen molar-refractivity contribution < 1.29 is 9.47 Å². The summed E-state index contributed by atoms with van der Waals surface area (Å²) in [5.41, 5.74) is 2.75. The van der Waals surface area contributed by atoms with E-state index >= 15 is 0 Å². The third-order valence-corrected chi connectivity index (χ3v) is 3.44. The first-order valence-corrected chi connectivity index (χ1v) is 7.55. The van der Waals surface area contributed by atoms with Crippen molar-refractivity contribution in [3.8, 4) is 5.75 Å². The minimum atomic E-state index is 0.834. The summed E-state index contributed by atoms with van der Waals surface area (Å²) < 4.78 is 10.8. The molecule has 1 aromatic rings. The molecule has 0 N–H and O–H groups in total. The fraction of sp³-hybridized carbons (Fsp3) is 0.647. The van der Waals surface area contributed by atoms with Gasteiger partial charge in [-0.15, -0.1) is 0 Å². The third kappa shape index (κ3) is 6.11. The normalized spacial score (nSPS) is 10.7. The molecule has 0 aromatic heterocycles. The molecule has 1 aromatic carbocycles. The summed E-state index contributed by atoms with van der Waals surface area (Å²) >= 11 is 0. The Hall–Kier alpha value is -1.02. The molecule has 1 rings (SSSR count). The first kappa shape index (κ1) is 16.0. The van der Waals surface area contributed by atoms with Crippen LogP contribution >= 0.6 is 0 Å². The van der Waals surface area contributed by atoms with Gasteiger partial charge in [0.15, 0.2) is 0 Å². The number of aryl methyl sites for hydroxylation is 2. The predicted octanol–water partition coefficient (Wildman–Crippen LogP) is 4.40. The van der Waals surface area contributed by atoms with E-state index in [9.17, 15) is 0 Å². The van der Waals surface area contributed by atoms with Crippen LogP contribution in [0.1, 0.15) is 50.7 Å². The van der Waals surface area contributed by atoms with Gasteiger partial charge in [-0.05, 0) is 49.8 Å².